The van der Waals surface area contributed by atoms with Gasteiger partial charge in [0, 0.05) is 38.4 Å². The molecule has 0 bridgehead atoms. The number of aliphatic imine (C=N–C) groups is 6. The van der Waals surface area contributed by atoms with Crippen molar-refractivity contribution in [3.05, 3.63) is 163 Å². The quantitative estimate of drug-likeness (QED) is 0.168. The Morgan fingerprint density at radius 2 is 1.10 bits per heavy atom. The maximum Gasteiger partial charge on any atom is 0.244 e. The van der Waals surface area contributed by atoms with Crippen LogP contribution in [-0.4, -0.2) is 49.5 Å². The van der Waals surface area contributed by atoms with Crippen molar-refractivity contribution in [1.82, 2.24) is 14.0 Å². The predicted octanol–water partition coefficient (Wildman–Crippen LogP) is 9.04. The molecule has 0 amide bonds. The lowest BCUT2D eigenvalue weighted by Crippen LogP contribution is -2.48. The first-order chi connectivity index (χ1) is 25.7. The van der Waals surface area contributed by atoms with Gasteiger partial charge in [0.2, 0.25) is 23.8 Å². The fourth-order valence-corrected chi connectivity index (χ4v) is 7.15. The molecule has 3 aliphatic heterocycles. The Hall–Kier alpha value is -7.26. The minimum atomic E-state index is 0.363. The van der Waals surface area contributed by atoms with Crippen LogP contribution in [0.5, 0.6) is 0 Å². The Bertz CT molecular complexity index is 2910. The molecule has 0 atom stereocenters. The van der Waals surface area contributed by atoms with Crippen LogP contribution in [0.4, 0.5) is 0 Å². The number of allylic oxidation sites excluding steroid dienone is 3. The maximum atomic E-state index is 5.18. The Labute approximate surface area is 298 Å². The zero-order valence-corrected chi connectivity index (χ0v) is 28.1. The first kappa shape index (κ1) is 29.6. The van der Waals surface area contributed by atoms with E-state index in [1.807, 2.05) is 73.7 Å². The van der Waals surface area contributed by atoms with Gasteiger partial charge in [-0.15, -0.1) is 0 Å². The highest BCUT2D eigenvalue weighted by atomic mass is 15.5. The van der Waals surface area contributed by atoms with Crippen LogP contribution in [0.3, 0.4) is 0 Å². The van der Waals surface area contributed by atoms with Crippen LogP contribution >= 0.6 is 0 Å². The van der Waals surface area contributed by atoms with E-state index in [2.05, 4.69) is 94.6 Å². The number of para-hydroxylation sites is 3. The Kier molecular flexibility index (Phi) is 6.65. The molecule has 0 saturated carbocycles. The minimum absolute atomic E-state index is 0.363. The second-order valence-corrected chi connectivity index (χ2v) is 12.5. The van der Waals surface area contributed by atoms with Gasteiger partial charge in [-0.2, -0.15) is 30.0 Å². The lowest BCUT2D eigenvalue weighted by atomic mass is 10.1. The lowest BCUT2D eigenvalue weighted by molar-refractivity contribution is 0.823. The van der Waals surface area contributed by atoms with E-state index >= 15 is 0 Å². The van der Waals surface area contributed by atoms with Crippen molar-refractivity contribution >= 4 is 79.1 Å². The third kappa shape index (κ3) is 4.49. The summed E-state index contributed by atoms with van der Waals surface area (Å²) in [6.45, 7) is 6.23. The molecular formula is C43H29N9. The van der Waals surface area contributed by atoms with Crippen LogP contribution in [-0.2, 0) is 0 Å². The molecule has 0 unspecified atom stereocenters. The molecule has 3 aliphatic rings. The lowest BCUT2D eigenvalue weighted by Gasteiger charge is -2.30. The standard InChI is InChI=1S/C43H29N9/c1-3-4-7-16-27(2)38-44-40-46-39(28-17-8-5-9-18-28)47-42-49-43(48-41(45-38)52(40)42)51-35-24-15-13-22-31(35)33-26-25-32-30-21-12-14-23-34(30)50(36(32)37(33)51)29-19-10-6-11-20-29/h3-26H,2H2,1H3. The molecule has 0 saturated heterocycles. The highest BCUT2D eigenvalue weighted by Crippen LogP contribution is 2.40. The molecular weight excluding hydrogens is 643 g/mol. The van der Waals surface area contributed by atoms with Crippen molar-refractivity contribution in [2.24, 2.45) is 30.0 Å². The van der Waals surface area contributed by atoms with Gasteiger partial charge in [0.25, 0.3) is 0 Å². The van der Waals surface area contributed by atoms with E-state index in [-0.39, 0.29) is 0 Å². The largest absolute Gasteiger partial charge is 0.307 e. The van der Waals surface area contributed by atoms with Gasteiger partial charge < -0.3 is 4.57 Å². The van der Waals surface area contributed by atoms with Gasteiger partial charge in [-0.1, -0.05) is 128 Å². The zero-order chi connectivity index (χ0) is 34.8. The number of benzene rings is 5. The second-order valence-electron chi connectivity index (χ2n) is 12.5. The first-order valence-corrected chi connectivity index (χ1v) is 17.1. The number of hydrogen-bond donors (Lipinski definition) is 0. The molecule has 9 heteroatoms. The van der Waals surface area contributed by atoms with Gasteiger partial charge in [-0.25, -0.2) is 4.90 Å². The third-order valence-corrected chi connectivity index (χ3v) is 9.43. The van der Waals surface area contributed by atoms with Crippen molar-refractivity contribution in [2.75, 3.05) is 0 Å². The van der Waals surface area contributed by atoms with Crippen molar-refractivity contribution < 1.29 is 0 Å². The van der Waals surface area contributed by atoms with Crippen LogP contribution < -0.4 is 0 Å². The molecule has 0 N–H and O–H groups in total. The Morgan fingerprint density at radius 1 is 0.519 bits per heavy atom. The van der Waals surface area contributed by atoms with Crippen LogP contribution in [0, 0.1) is 0 Å². The zero-order valence-electron chi connectivity index (χ0n) is 28.1. The monoisotopic (exact) mass is 671 g/mol. The number of hydrogen-bond acceptors (Lipinski definition) is 7. The molecule has 246 valence electrons. The number of guanidine groups is 3. The van der Waals surface area contributed by atoms with Crippen LogP contribution in [0.2, 0.25) is 0 Å². The Balaban J connectivity index is 1.29. The fourth-order valence-electron chi connectivity index (χ4n) is 7.15. The van der Waals surface area contributed by atoms with Crippen molar-refractivity contribution in [1.29, 1.82) is 0 Å². The van der Waals surface area contributed by atoms with E-state index < -0.39 is 0 Å². The van der Waals surface area contributed by atoms with E-state index in [1.165, 1.54) is 0 Å². The van der Waals surface area contributed by atoms with Crippen molar-refractivity contribution in [3.63, 3.8) is 0 Å². The van der Waals surface area contributed by atoms with E-state index in [0.29, 0.717) is 41.1 Å². The summed E-state index contributed by atoms with van der Waals surface area (Å²) in [6.07, 6.45) is 7.68. The molecule has 0 radical (unpaired) electrons. The summed E-state index contributed by atoms with van der Waals surface area (Å²) in [5, 5.41) is 4.47. The van der Waals surface area contributed by atoms with Crippen LogP contribution in [0.15, 0.2) is 188 Å². The molecule has 52 heavy (non-hydrogen) atoms. The van der Waals surface area contributed by atoms with Crippen molar-refractivity contribution in [3.8, 4) is 5.69 Å². The molecule has 0 spiro atoms. The summed E-state index contributed by atoms with van der Waals surface area (Å²) in [7, 11) is 0. The summed E-state index contributed by atoms with van der Waals surface area (Å²) in [4.78, 5) is 31.7. The van der Waals surface area contributed by atoms with Crippen molar-refractivity contribution in [2.45, 2.75) is 6.92 Å². The topological polar surface area (TPSA) is 87.3 Å². The van der Waals surface area contributed by atoms with E-state index in [9.17, 15) is 0 Å². The number of aromatic nitrogens is 2. The Morgan fingerprint density at radius 3 is 1.81 bits per heavy atom. The molecule has 0 fully saturated rings. The van der Waals surface area contributed by atoms with E-state index in [0.717, 1.165) is 54.9 Å². The first-order valence-electron chi connectivity index (χ1n) is 17.1. The van der Waals surface area contributed by atoms with Gasteiger partial charge >= 0.3 is 0 Å². The average molecular weight is 672 g/mol. The summed E-state index contributed by atoms with van der Waals surface area (Å²) in [5.74, 6) is 2.47. The highest BCUT2D eigenvalue weighted by molar-refractivity contribution is 6.34. The summed E-state index contributed by atoms with van der Waals surface area (Å²) in [6, 6.07) is 41.7. The molecule has 2 aromatic heterocycles. The number of rotatable bonds is 5. The van der Waals surface area contributed by atoms with Gasteiger partial charge in [0.1, 0.15) is 0 Å². The SMILES string of the molecule is C=C(C=CC=CC)C1=NC2=NC(n3c4ccccc4c4ccc5c6ccccc6n(-c6ccccc6)c5c43)=NC3=NC(c4ccccc4)=NC(=N1)N32. The van der Waals surface area contributed by atoms with Gasteiger partial charge in [-0.3, -0.25) is 4.57 Å². The van der Waals surface area contributed by atoms with Crippen LogP contribution in [0.25, 0.3) is 49.3 Å². The van der Waals surface area contributed by atoms with Gasteiger partial charge in [-0.05, 0) is 31.2 Å². The summed E-state index contributed by atoms with van der Waals surface area (Å²) in [5.41, 5.74) is 6.66. The van der Waals surface area contributed by atoms with E-state index in [4.69, 9.17) is 30.0 Å². The summed E-state index contributed by atoms with van der Waals surface area (Å²) >= 11 is 0. The molecule has 9 nitrogen and oxygen atoms in total. The normalized spacial score (nSPS) is 15.6. The molecule has 5 heterocycles. The smallest absolute Gasteiger partial charge is 0.244 e. The third-order valence-electron chi connectivity index (χ3n) is 9.43. The van der Waals surface area contributed by atoms with Crippen LogP contribution in [0.1, 0.15) is 12.5 Å². The molecule has 5 aromatic carbocycles. The molecule has 7 aromatic rings. The van der Waals surface area contributed by atoms with Gasteiger partial charge in [0.15, 0.2) is 11.7 Å². The number of amidine groups is 2. The second kappa shape index (κ2) is 11.7. The summed E-state index contributed by atoms with van der Waals surface area (Å²) < 4.78 is 4.49. The maximum absolute atomic E-state index is 5.18. The average Bonchev–Trinajstić information content (AvgIpc) is 3.71. The molecule has 0 aliphatic carbocycles. The fraction of sp³-hybridized carbons (Fsp3) is 0.0233. The van der Waals surface area contributed by atoms with E-state index in [1.54, 1.807) is 4.90 Å². The minimum Gasteiger partial charge on any atom is -0.307 e. The van der Waals surface area contributed by atoms with Gasteiger partial charge in [0.05, 0.1) is 22.1 Å². The highest BCUT2D eigenvalue weighted by Gasteiger charge is 2.36. The number of fused-ring (bicyclic) bond motifs is 7. The molecule has 10 rings (SSSR count). The predicted molar refractivity (Wildman–Crippen MR) is 214 cm³/mol. The number of nitrogens with zero attached hydrogens (tertiary/aromatic N) is 9.